The molecule has 2 aliphatic heterocycles. The van der Waals surface area contributed by atoms with E-state index < -0.39 is 94.4 Å². The second kappa shape index (κ2) is 25.8. The molecule has 0 spiro atoms. The van der Waals surface area contributed by atoms with E-state index in [1.807, 2.05) is 0 Å². The first-order chi connectivity index (χ1) is 35.7. The van der Waals surface area contributed by atoms with Crippen molar-refractivity contribution in [2.75, 3.05) is 34.3 Å². The monoisotopic (exact) mass is 1050 g/mol. The number of aliphatic hydroxyl groups excluding tert-OH is 1. The van der Waals surface area contributed by atoms with Crippen molar-refractivity contribution in [1.29, 1.82) is 0 Å². The maximum Gasteiger partial charge on any atom is 0.246 e. The molecule has 8 atom stereocenters. The number of benzene rings is 3. The minimum atomic E-state index is -1.04. The van der Waals surface area contributed by atoms with E-state index in [0.717, 1.165) is 0 Å². The topological polar surface area (TPSA) is 285 Å². The van der Waals surface area contributed by atoms with Crippen LogP contribution in [0.15, 0.2) is 60.7 Å². The molecule has 76 heavy (non-hydrogen) atoms. The second-order valence-electron chi connectivity index (χ2n) is 22.3. The summed E-state index contributed by atoms with van der Waals surface area (Å²) < 4.78 is 5.14. The van der Waals surface area contributed by atoms with Crippen molar-refractivity contribution in [3.8, 4) is 17.2 Å². The van der Waals surface area contributed by atoms with Crippen LogP contribution < -0.4 is 36.6 Å². The predicted octanol–water partition coefficient (Wildman–Crippen LogP) is 3.09. The molecule has 0 aliphatic carbocycles. The SMILES string of the molecule is CN[C@@H](C)C(=O)N[C@H](C(=O)N1C[C@@H](CC(=O)c2cccc(C(=O)C[C@H]3C[C@@H](C(=O)NCc4ccc(OC)c(O)c4)N(C(=O)[C@@H](NC(=O)[C@H](C)NC)C(C)(C)C)C3)c2)C[C@H]1C(=O)NCc1ccc(CO)c(O)c1)C(C)(C)C. The zero-order chi connectivity index (χ0) is 56.4. The van der Waals surface area contributed by atoms with Gasteiger partial charge in [-0.1, -0.05) is 77.9 Å². The molecule has 414 valence electrons. The number of ether oxygens (including phenoxy) is 1. The van der Waals surface area contributed by atoms with Crippen LogP contribution in [0.3, 0.4) is 0 Å². The number of phenolic OH excluding ortho intramolecular Hbond substituents is 1. The van der Waals surface area contributed by atoms with Gasteiger partial charge in [0.2, 0.25) is 35.4 Å². The number of methoxy groups -OCH3 is 1. The van der Waals surface area contributed by atoms with Gasteiger partial charge in [0.1, 0.15) is 29.9 Å². The van der Waals surface area contributed by atoms with Gasteiger partial charge in [0.25, 0.3) is 0 Å². The Hall–Kier alpha value is -6.90. The van der Waals surface area contributed by atoms with Crippen LogP contribution in [-0.2, 0) is 48.5 Å². The highest BCUT2D eigenvalue weighted by atomic mass is 16.5. The van der Waals surface area contributed by atoms with Crippen LogP contribution in [0.1, 0.15) is 118 Å². The van der Waals surface area contributed by atoms with E-state index in [1.165, 1.54) is 41.2 Å². The van der Waals surface area contributed by atoms with Crippen LogP contribution in [0.25, 0.3) is 0 Å². The van der Waals surface area contributed by atoms with Gasteiger partial charge in [-0.2, -0.15) is 0 Å². The maximum absolute atomic E-state index is 14.6. The van der Waals surface area contributed by atoms with Crippen LogP contribution >= 0.6 is 0 Å². The number of likely N-dealkylation sites (tertiary alicyclic amines) is 2. The molecule has 2 saturated heterocycles. The van der Waals surface area contributed by atoms with Crippen molar-refractivity contribution < 1.29 is 58.4 Å². The molecule has 0 saturated carbocycles. The number of carbonyl (C=O) groups excluding carboxylic acids is 8. The standard InChI is InChI=1S/C56H78N8O12/c1-31(57-9)49(70)61-47(55(3,4)5)53(74)63-28-35(19-40(63)51(72)59-26-33-15-17-39(30-65)44(68)21-33)23-42(66)37-13-12-14-38(25-37)43(67)24-36-20-41(52(73)60-27-34-16-18-46(76-11)45(69)22-34)64(29-36)54(75)48(56(6,7)8)62-50(71)32(2)58-10/h12-18,21-22,25,31-32,35-36,40-41,47-48,57-58,65,68-69H,19-20,23-24,26-30H2,1-11H3,(H,59,72)(H,60,73)(H,61,70)(H,62,71)/t31-,32-,35+,36+,40-,41-,47+,48+/m0/s1. The zero-order valence-corrected chi connectivity index (χ0v) is 45.7. The molecule has 3 aromatic rings. The Morgan fingerprint density at radius 2 is 1.05 bits per heavy atom. The predicted molar refractivity (Wildman–Crippen MR) is 284 cm³/mol. The van der Waals surface area contributed by atoms with Crippen LogP contribution in [-0.4, -0.2) is 143 Å². The van der Waals surface area contributed by atoms with E-state index in [9.17, 15) is 53.7 Å². The second-order valence-corrected chi connectivity index (χ2v) is 22.3. The Morgan fingerprint density at radius 3 is 1.42 bits per heavy atom. The number of carbonyl (C=O) groups is 8. The Balaban J connectivity index is 1.35. The minimum Gasteiger partial charge on any atom is -0.508 e. The lowest BCUT2D eigenvalue weighted by Gasteiger charge is -2.36. The number of likely N-dealkylation sites (N-methyl/N-ethyl adjacent to an activating group) is 2. The molecule has 5 rings (SSSR count). The van der Waals surface area contributed by atoms with Crippen LogP contribution in [0.4, 0.5) is 0 Å². The Bertz CT molecular complexity index is 2450. The first kappa shape index (κ1) is 60.0. The first-order valence-corrected chi connectivity index (χ1v) is 25.8. The van der Waals surface area contributed by atoms with Crippen molar-refractivity contribution >= 4 is 47.0 Å². The van der Waals surface area contributed by atoms with Crippen molar-refractivity contribution in [1.82, 2.24) is 41.7 Å². The first-order valence-electron chi connectivity index (χ1n) is 25.8. The molecular formula is C56H78N8O12. The molecule has 0 bridgehead atoms. The number of hydrogen-bond acceptors (Lipinski definition) is 14. The summed E-state index contributed by atoms with van der Waals surface area (Å²) in [5.74, 6) is -4.46. The summed E-state index contributed by atoms with van der Waals surface area (Å²) in [7, 11) is 4.66. The van der Waals surface area contributed by atoms with Crippen molar-refractivity contribution in [3.05, 3.63) is 88.5 Å². The third kappa shape index (κ3) is 15.2. The molecule has 20 nitrogen and oxygen atoms in total. The summed E-state index contributed by atoms with van der Waals surface area (Å²) >= 11 is 0. The number of phenols is 2. The average Bonchev–Trinajstić information content (AvgIpc) is 4.01. The summed E-state index contributed by atoms with van der Waals surface area (Å²) in [6, 6.07) is 10.2. The van der Waals surface area contributed by atoms with Gasteiger partial charge < -0.3 is 61.8 Å². The fraction of sp³-hybridized carbons (Fsp3) is 0.536. The highest BCUT2D eigenvalue weighted by Crippen LogP contribution is 2.34. The molecule has 2 heterocycles. The van der Waals surface area contributed by atoms with Crippen molar-refractivity contribution in [2.45, 2.75) is 137 Å². The third-order valence-electron chi connectivity index (χ3n) is 14.4. The van der Waals surface area contributed by atoms with Gasteiger partial charge in [-0.3, -0.25) is 38.4 Å². The summed E-state index contributed by atoms with van der Waals surface area (Å²) in [5.41, 5.74) is 0.334. The number of rotatable bonds is 22. The molecule has 3 aromatic carbocycles. The molecule has 2 fully saturated rings. The fourth-order valence-corrected chi connectivity index (χ4v) is 9.49. The largest absolute Gasteiger partial charge is 0.508 e. The van der Waals surface area contributed by atoms with E-state index in [1.54, 1.807) is 106 Å². The lowest BCUT2D eigenvalue weighted by Crippen LogP contribution is -2.59. The smallest absolute Gasteiger partial charge is 0.246 e. The number of ketones is 2. The Morgan fingerprint density at radius 1 is 0.632 bits per heavy atom. The fourth-order valence-electron chi connectivity index (χ4n) is 9.49. The lowest BCUT2D eigenvalue weighted by atomic mass is 9.85. The lowest BCUT2D eigenvalue weighted by molar-refractivity contribution is -0.144. The highest BCUT2D eigenvalue weighted by Gasteiger charge is 2.47. The summed E-state index contributed by atoms with van der Waals surface area (Å²) in [5, 5.41) is 47.3. The van der Waals surface area contributed by atoms with Gasteiger partial charge in [-0.05, 0) is 98.8 Å². The summed E-state index contributed by atoms with van der Waals surface area (Å²) in [4.78, 5) is 115. The molecular weight excluding hydrogens is 977 g/mol. The summed E-state index contributed by atoms with van der Waals surface area (Å²) in [6.07, 6.45) is 0.0557. The molecule has 6 amide bonds. The van der Waals surface area contributed by atoms with Crippen molar-refractivity contribution in [3.63, 3.8) is 0 Å². The van der Waals surface area contributed by atoms with Gasteiger partial charge in [-0.25, -0.2) is 0 Å². The van der Waals surface area contributed by atoms with E-state index >= 15 is 0 Å². The van der Waals surface area contributed by atoms with Crippen LogP contribution in [0.5, 0.6) is 17.2 Å². The van der Waals surface area contributed by atoms with E-state index in [4.69, 9.17) is 4.74 Å². The molecule has 0 aromatic heterocycles. The Kier molecular flexibility index (Phi) is 20.3. The number of amides is 6. The zero-order valence-electron chi connectivity index (χ0n) is 45.7. The van der Waals surface area contributed by atoms with E-state index in [-0.39, 0.29) is 98.4 Å². The van der Waals surface area contributed by atoms with Crippen LogP contribution in [0.2, 0.25) is 0 Å². The minimum absolute atomic E-state index is 0.00805. The normalized spacial score (nSPS) is 19.2. The maximum atomic E-state index is 14.6. The number of aliphatic hydroxyl groups is 1. The Labute approximate surface area is 445 Å². The summed E-state index contributed by atoms with van der Waals surface area (Å²) in [6.45, 7) is 13.8. The third-order valence-corrected chi connectivity index (χ3v) is 14.4. The van der Waals surface area contributed by atoms with Gasteiger partial charge in [0, 0.05) is 55.7 Å². The van der Waals surface area contributed by atoms with E-state index in [2.05, 4.69) is 31.9 Å². The molecule has 0 unspecified atom stereocenters. The van der Waals surface area contributed by atoms with E-state index in [0.29, 0.717) is 16.7 Å². The van der Waals surface area contributed by atoms with Gasteiger partial charge >= 0.3 is 0 Å². The molecule has 20 heteroatoms. The number of Topliss-reactive ketones (excluding diaryl/α,β-unsaturated/α-hetero) is 2. The quantitative estimate of drug-likeness (QED) is 0.0655. The van der Waals surface area contributed by atoms with Gasteiger partial charge in [-0.15, -0.1) is 0 Å². The van der Waals surface area contributed by atoms with Crippen molar-refractivity contribution in [2.24, 2.45) is 22.7 Å². The number of aromatic hydroxyl groups is 2. The molecule has 9 N–H and O–H groups in total. The molecule has 2 aliphatic rings. The van der Waals surface area contributed by atoms with Gasteiger partial charge in [0.05, 0.1) is 25.8 Å². The van der Waals surface area contributed by atoms with Gasteiger partial charge in [0.15, 0.2) is 23.1 Å². The molecule has 0 radical (unpaired) electrons. The highest BCUT2D eigenvalue weighted by molar-refractivity contribution is 6.02. The average molecular weight is 1060 g/mol. The van der Waals surface area contributed by atoms with Crippen LogP contribution in [0, 0.1) is 22.7 Å². The number of nitrogens with zero attached hydrogens (tertiary/aromatic N) is 2. The number of hydrogen-bond donors (Lipinski definition) is 9. The number of nitrogens with one attached hydrogen (secondary N) is 6.